The largest absolute Gasteiger partial charge is 0.380 e. The van der Waals surface area contributed by atoms with E-state index in [9.17, 15) is 10.1 Å². The van der Waals surface area contributed by atoms with Gasteiger partial charge < -0.3 is 19.9 Å². The van der Waals surface area contributed by atoms with Crippen LogP contribution in [0, 0.1) is 17.0 Å². The second kappa shape index (κ2) is 5.76. The molecule has 122 valence electrons. The number of anilines is 2. The van der Waals surface area contributed by atoms with Crippen LogP contribution in [0.3, 0.4) is 0 Å². The Morgan fingerprint density at radius 3 is 2.87 bits per heavy atom. The smallest absolute Gasteiger partial charge is 0.329 e. The number of rotatable bonds is 4. The third-order valence-corrected chi connectivity index (χ3v) is 3.66. The normalized spacial score (nSPS) is 20.9. The van der Waals surface area contributed by atoms with Crippen molar-refractivity contribution in [2.75, 3.05) is 24.3 Å². The van der Waals surface area contributed by atoms with Crippen LogP contribution in [0.1, 0.15) is 24.2 Å². The number of ether oxygens (including phenoxy) is 1. The maximum absolute atomic E-state index is 10.8. The first kappa shape index (κ1) is 15.1. The van der Waals surface area contributed by atoms with Gasteiger partial charge in [-0.2, -0.15) is 9.97 Å². The summed E-state index contributed by atoms with van der Waals surface area (Å²) in [6.45, 7) is 2.21. The minimum absolute atomic E-state index is 0.0766. The molecule has 0 amide bonds. The molecule has 23 heavy (non-hydrogen) atoms. The second-order valence-electron chi connectivity index (χ2n) is 5.14. The van der Waals surface area contributed by atoms with E-state index in [4.69, 9.17) is 15.0 Å². The molecule has 2 atom stereocenters. The summed E-state index contributed by atoms with van der Waals surface area (Å²) < 4.78 is 10.6. The van der Waals surface area contributed by atoms with Crippen LogP contribution in [0.2, 0.25) is 0 Å². The van der Waals surface area contributed by atoms with Gasteiger partial charge in [-0.3, -0.25) is 10.1 Å². The number of nitro groups is 1. The monoisotopic (exact) mass is 321 g/mol. The summed E-state index contributed by atoms with van der Waals surface area (Å²) in [5, 5.41) is 14.6. The number of hydrogen-bond acceptors (Lipinski definition) is 10. The minimum atomic E-state index is -0.625. The van der Waals surface area contributed by atoms with Crippen molar-refractivity contribution in [3.05, 3.63) is 28.0 Å². The topological polar surface area (TPSA) is 146 Å². The van der Waals surface area contributed by atoms with Gasteiger partial charge in [0.05, 0.1) is 11.0 Å². The predicted octanol–water partition coefficient (Wildman–Crippen LogP) is 0.625. The molecule has 2 N–H and O–H groups in total. The zero-order chi connectivity index (χ0) is 16.6. The SMILES string of the molecule is COC1CC(c2nc(C)no2)N(c2ncc([N+](=O)[O-])c(N)n2)C1. The lowest BCUT2D eigenvalue weighted by Crippen LogP contribution is -2.27. The fraction of sp³-hybridized carbons (Fsp3) is 0.500. The molecule has 0 spiro atoms. The zero-order valence-corrected chi connectivity index (χ0v) is 12.5. The first-order valence-corrected chi connectivity index (χ1v) is 6.86. The molecule has 3 rings (SSSR count). The number of aryl methyl sites for hydroxylation is 1. The van der Waals surface area contributed by atoms with E-state index < -0.39 is 4.92 Å². The first-order chi connectivity index (χ1) is 11.0. The molecule has 2 unspecified atom stereocenters. The van der Waals surface area contributed by atoms with Gasteiger partial charge in [0.25, 0.3) is 0 Å². The number of nitrogen functional groups attached to an aromatic ring is 1. The van der Waals surface area contributed by atoms with Crippen LogP contribution in [0.25, 0.3) is 0 Å². The molecular weight excluding hydrogens is 306 g/mol. The highest BCUT2D eigenvalue weighted by molar-refractivity contribution is 5.54. The van der Waals surface area contributed by atoms with Crippen molar-refractivity contribution < 1.29 is 14.2 Å². The van der Waals surface area contributed by atoms with E-state index in [1.165, 1.54) is 0 Å². The van der Waals surface area contributed by atoms with Crippen molar-refractivity contribution in [2.45, 2.75) is 25.5 Å². The Hall–Kier alpha value is -2.82. The summed E-state index contributed by atoms with van der Waals surface area (Å²) >= 11 is 0. The number of nitrogens with zero attached hydrogens (tertiary/aromatic N) is 6. The van der Waals surface area contributed by atoms with Crippen molar-refractivity contribution in [1.82, 2.24) is 20.1 Å². The van der Waals surface area contributed by atoms with Gasteiger partial charge >= 0.3 is 5.69 Å². The van der Waals surface area contributed by atoms with E-state index in [0.29, 0.717) is 24.7 Å². The van der Waals surface area contributed by atoms with Gasteiger partial charge in [-0.15, -0.1) is 0 Å². The Morgan fingerprint density at radius 1 is 1.52 bits per heavy atom. The number of hydrogen-bond donors (Lipinski definition) is 1. The fourth-order valence-electron chi connectivity index (χ4n) is 2.53. The molecule has 3 heterocycles. The van der Waals surface area contributed by atoms with Crippen molar-refractivity contribution in [3.63, 3.8) is 0 Å². The van der Waals surface area contributed by atoms with Crippen LogP contribution in [0.15, 0.2) is 10.7 Å². The lowest BCUT2D eigenvalue weighted by molar-refractivity contribution is -0.384. The van der Waals surface area contributed by atoms with Crippen LogP contribution in [0.5, 0.6) is 0 Å². The predicted molar refractivity (Wildman–Crippen MR) is 77.6 cm³/mol. The summed E-state index contributed by atoms with van der Waals surface area (Å²) in [6, 6.07) is -0.276. The molecule has 0 saturated carbocycles. The van der Waals surface area contributed by atoms with E-state index in [2.05, 4.69) is 20.1 Å². The molecule has 1 saturated heterocycles. The van der Waals surface area contributed by atoms with Crippen molar-refractivity contribution >= 4 is 17.5 Å². The van der Waals surface area contributed by atoms with E-state index >= 15 is 0 Å². The highest BCUT2D eigenvalue weighted by atomic mass is 16.6. The van der Waals surface area contributed by atoms with Crippen LogP contribution < -0.4 is 10.6 Å². The Labute approximate surface area is 130 Å². The average Bonchev–Trinajstić information content (AvgIpc) is 3.12. The fourth-order valence-corrected chi connectivity index (χ4v) is 2.53. The third-order valence-electron chi connectivity index (χ3n) is 3.66. The number of aromatic nitrogens is 4. The highest BCUT2D eigenvalue weighted by Gasteiger charge is 2.38. The van der Waals surface area contributed by atoms with Crippen LogP contribution in [0.4, 0.5) is 17.5 Å². The van der Waals surface area contributed by atoms with Crippen LogP contribution in [-0.4, -0.2) is 44.8 Å². The molecule has 2 aromatic heterocycles. The number of methoxy groups -OCH3 is 1. The zero-order valence-electron chi connectivity index (χ0n) is 12.5. The number of nitrogens with two attached hydrogens (primary N) is 1. The lowest BCUT2D eigenvalue weighted by Gasteiger charge is -2.21. The van der Waals surface area contributed by atoms with Crippen molar-refractivity contribution in [1.29, 1.82) is 0 Å². The van der Waals surface area contributed by atoms with Gasteiger partial charge in [0.1, 0.15) is 12.2 Å². The van der Waals surface area contributed by atoms with E-state index in [0.717, 1.165) is 6.20 Å². The van der Waals surface area contributed by atoms with E-state index in [1.54, 1.807) is 18.9 Å². The van der Waals surface area contributed by atoms with Gasteiger partial charge in [-0.25, -0.2) is 4.98 Å². The molecule has 11 heteroatoms. The molecule has 2 aromatic rings. The Bertz CT molecular complexity index is 734. The van der Waals surface area contributed by atoms with Gasteiger partial charge in [-0.05, 0) is 6.92 Å². The van der Waals surface area contributed by atoms with Crippen LogP contribution >= 0.6 is 0 Å². The summed E-state index contributed by atoms with van der Waals surface area (Å²) in [6.07, 6.45) is 1.62. The minimum Gasteiger partial charge on any atom is -0.380 e. The molecule has 11 nitrogen and oxygen atoms in total. The summed E-state index contributed by atoms with van der Waals surface area (Å²) in [7, 11) is 1.61. The van der Waals surface area contributed by atoms with Crippen molar-refractivity contribution in [3.8, 4) is 0 Å². The molecule has 0 radical (unpaired) electrons. The third kappa shape index (κ3) is 2.77. The quantitative estimate of drug-likeness (QED) is 0.627. The maximum atomic E-state index is 10.8. The second-order valence-corrected chi connectivity index (χ2v) is 5.14. The Morgan fingerprint density at radius 2 is 2.30 bits per heavy atom. The molecule has 0 aromatic carbocycles. The Balaban J connectivity index is 1.95. The highest BCUT2D eigenvalue weighted by Crippen LogP contribution is 2.35. The molecule has 1 aliphatic heterocycles. The maximum Gasteiger partial charge on any atom is 0.329 e. The summed E-state index contributed by atoms with van der Waals surface area (Å²) in [5.74, 6) is 1.00. The molecule has 1 aliphatic rings. The van der Waals surface area contributed by atoms with Crippen molar-refractivity contribution in [2.24, 2.45) is 0 Å². The Kier molecular flexibility index (Phi) is 3.78. The van der Waals surface area contributed by atoms with Gasteiger partial charge in [0, 0.05) is 20.1 Å². The molecular formula is C12H15N7O4. The average molecular weight is 321 g/mol. The van der Waals surface area contributed by atoms with E-state index in [1.807, 2.05) is 0 Å². The molecule has 1 fully saturated rings. The summed E-state index contributed by atoms with van der Waals surface area (Å²) in [5.41, 5.74) is 5.31. The lowest BCUT2D eigenvalue weighted by atomic mass is 10.2. The van der Waals surface area contributed by atoms with Gasteiger partial charge in [0.2, 0.25) is 17.7 Å². The van der Waals surface area contributed by atoms with Gasteiger partial charge in [0.15, 0.2) is 5.82 Å². The summed E-state index contributed by atoms with van der Waals surface area (Å²) in [4.78, 5) is 24.3. The van der Waals surface area contributed by atoms with E-state index in [-0.39, 0.29) is 29.6 Å². The van der Waals surface area contributed by atoms with Crippen LogP contribution in [-0.2, 0) is 4.74 Å². The first-order valence-electron chi connectivity index (χ1n) is 6.86. The standard InChI is InChI=1S/C12H15N7O4/c1-6-15-11(23-17-6)8-3-7(22-2)5-18(8)12-14-4-9(19(20)21)10(13)16-12/h4,7-8H,3,5H2,1-2H3,(H2,13,14,16). The van der Waals surface area contributed by atoms with Gasteiger partial charge in [-0.1, -0.05) is 5.16 Å². The molecule has 0 bridgehead atoms. The molecule has 0 aliphatic carbocycles.